The summed E-state index contributed by atoms with van der Waals surface area (Å²) in [6, 6.07) is 3.53. The molecule has 18 heavy (non-hydrogen) atoms. The molecule has 0 aromatic carbocycles. The van der Waals surface area contributed by atoms with Gasteiger partial charge in [0.2, 0.25) is 10.0 Å². The zero-order valence-corrected chi connectivity index (χ0v) is 12.3. The fourth-order valence-corrected chi connectivity index (χ4v) is 3.97. The number of aliphatic hydroxyl groups is 1. The molecule has 0 aliphatic heterocycles. The normalized spacial score (nSPS) is 11.9. The van der Waals surface area contributed by atoms with E-state index in [1.165, 1.54) is 11.3 Å². The predicted octanol–water partition coefficient (Wildman–Crippen LogP) is 2.14. The lowest BCUT2D eigenvalue weighted by Crippen LogP contribution is -2.23. The van der Waals surface area contributed by atoms with Gasteiger partial charge in [-0.25, -0.2) is 13.1 Å². The van der Waals surface area contributed by atoms with Crippen molar-refractivity contribution < 1.29 is 13.5 Å². The molecule has 0 unspecified atom stereocenters. The van der Waals surface area contributed by atoms with E-state index in [0.717, 1.165) is 37.0 Å². The third-order valence-corrected chi connectivity index (χ3v) is 5.81. The average Bonchev–Trinajstić information content (AvgIpc) is 2.83. The Morgan fingerprint density at radius 2 is 1.94 bits per heavy atom. The van der Waals surface area contributed by atoms with E-state index < -0.39 is 10.0 Å². The highest BCUT2D eigenvalue weighted by atomic mass is 32.2. The van der Waals surface area contributed by atoms with Crippen molar-refractivity contribution in [2.45, 2.75) is 43.2 Å². The molecule has 0 amide bonds. The molecule has 0 atom stereocenters. The number of sulfonamides is 1. The van der Waals surface area contributed by atoms with Crippen molar-refractivity contribution in [3.63, 3.8) is 0 Å². The van der Waals surface area contributed by atoms with Crippen LogP contribution in [0.3, 0.4) is 0 Å². The van der Waals surface area contributed by atoms with Gasteiger partial charge in [-0.3, -0.25) is 0 Å². The third kappa shape index (κ3) is 5.06. The standard InChI is InChI=1S/C12H21NO3S2/c1-2-11-7-8-12(17-11)18(15,16)13-9-5-3-4-6-10-14/h7-8,13-14H,2-6,9-10H2,1H3. The smallest absolute Gasteiger partial charge is 0.250 e. The molecule has 0 radical (unpaired) electrons. The zero-order chi connectivity index (χ0) is 13.4. The Balaban J connectivity index is 2.36. The molecule has 0 saturated carbocycles. The Morgan fingerprint density at radius 3 is 2.56 bits per heavy atom. The summed E-state index contributed by atoms with van der Waals surface area (Å²) in [7, 11) is -3.32. The first-order valence-corrected chi connectivity index (χ1v) is 8.59. The SMILES string of the molecule is CCc1ccc(S(=O)(=O)NCCCCCCO)s1. The van der Waals surface area contributed by atoms with Crippen LogP contribution in [0, 0.1) is 0 Å². The van der Waals surface area contributed by atoms with E-state index >= 15 is 0 Å². The average molecular weight is 291 g/mol. The van der Waals surface area contributed by atoms with Crippen LogP contribution in [-0.2, 0) is 16.4 Å². The molecule has 4 nitrogen and oxygen atoms in total. The first-order chi connectivity index (χ1) is 8.60. The lowest BCUT2D eigenvalue weighted by molar-refractivity contribution is 0.282. The lowest BCUT2D eigenvalue weighted by atomic mass is 10.2. The Morgan fingerprint density at radius 1 is 1.22 bits per heavy atom. The predicted molar refractivity (Wildman–Crippen MR) is 74.4 cm³/mol. The van der Waals surface area contributed by atoms with Crippen molar-refractivity contribution in [3.05, 3.63) is 17.0 Å². The van der Waals surface area contributed by atoms with E-state index in [1.54, 1.807) is 6.07 Å². The minimum Gasteiger partial charge on any atom is -0.396 e. The van der Waals surface area contributed by atoms with Gasteiger partial charge < -0.3 is 5.11 Å². The van der Waals surface area contributed by atoms with E-state index in [1.807, 2.05) is 13.0 Å². The molecule has 0 aliphatic carbocycles. The minimum atomic E-state index is -3.32. The molecule has 6 heteroatoms. The fraction of sp³-hybridized carbons (Fsp3) is 0.667. The highest BCUT2D eigenvalue weighted by Crippen LogP contribution is 2.21. The maximum Gasteiger partial charge on any atom is 0.250 e. The van der Waals surface area contributed by atoms with Crippen LogP contribution in [0.15, 0.2) is 16.3 Å². The number of nitrogens with one attached hydrogen (secondary N) is 1. The van der Waals surface area contributed by atoms with Gasteiger partial charge in [0, 0.05) is 18.0 Å². The number of hydrogen-bond donors (Lipinski definition) is 2. The zero-order valence-electron chi connectivity index (χ0n) is 10.7. The van der Waals surface area contributed by atoms with Gasteiger partial charge >= 0.3 is 0 Å². The molecule has 0 saturated heterocycles. The van der Waals surface area contributed by atoms with Gasteiger partial charge in [0.05, 0.1) is 0 Å². The first-order valence-electron chi connectivity index (χ1n) is 6.29. The van der Waals surface area contributed by atoms with E-state index in [0.29, 0.717) is 10.8 Å². The number of aliphatic hydroxyl groups excluding tert-OH is 1. The number of thiophene rings is 1. The largest absolute Gasteiger partial charge is 0.396 e. The van der Waals surface area contributed by atoms with E-state index in [-0.39, 0.29) is 6.61 Å². The van der Waals surface area contributed by atoms with Gasteiger partial charge in [-0.05, 0) is 31.4 Å². The maximum absolute atomic E-state index is 11.9. The van der Waals surface area contributed by atoms with Crippen LogP contribution in [0.5, 0.6) is 0 Å². The van der Waals surface area contributed by atoms with Gasteiger partial charge in [-0.1, -0.05) is 19.8 Å². The van der Waals surface area contributed by atoms with Gasteiger partial charge in [-0.2, -0.15) is 0 Å². The van der Waals surface area contributed by atoms with E-state index in [4.69, 9.17) is 5.11 Å². The minimum absolute atomic E-state index is 0.209. The van der Waals surface area contributed by atoms with Crippen LogP contribution in [-0.4, -0.2) is 26.7 Å². The summed E-state index contributed by atoms with van der Waals surface area (Å²) in [5, 5.41) is 8.62. The molecule has 1 aromatic rings. The second-order valence-corrected chi connectivity index (χ2v) is 7.27. The Labute approximate surface area is 113 Å². The van der Waals surface area contributed by atoms with Crippen molar-refractivity contribution in [1.29, 1.82) is 0 Å². The summed E-state index contributed by atoms with van der Waals surface area (Å²) < 4.78 is 26.8. The van der Waals surface area contributed by atoms with Crippen LogP contribution in [0.2, 0.25) is 0 Å². The maximum atomic E-state index is 11.9. The van der Waals surface area contributed by atoms with E-state index in [2.05, 4.69) is 4.72 Å². The third-order valence-electron chi connectivity index (χ3n) is 2.63. The summed E-state index contributed by atoms with van der Waals surface area (Å²) in [6.07, 6.45) is 4.34. The number of hydrogen-bond acceptors (Lipinski definition) is 4. The number of aryl methyl sites for hydroxylation is 1. The van der Waals surface area contributed by atoms with Crippen LogP contribution in [0.1, 0.15) is 37.5 Å². The summed E-state index contributed by atoms with van der Waals surface area (Å²) >= 11 is 1.33. The van der Waals surface area contributed by atoms with E-state index in [9.17, 15) is 8.42 Å². The monoisotopic (exact) mass is 291 g/mol. The summed E-state index contributed by atoms with van der Waals surface area (Å²) in [4.78, 5) is 1.08. The van der Waals surface area contributed by atoms with Crippen LogP contribution < -0.4 is 4.72 Å². The van der Waals surface area contributed by atoms with Crippen LogP contribution >= 0.6 is 11.3 Å². The quantitative estimate of drug-likeness (QED) is 0.685. The summed E-state index contributed by atoms with van der Waals surface area (Å²) in [5.41, 5.74) is 0. The summed E-state index contributed by atoms with van der Waals surface area (Å²) in [5.74, 6) is 0. The number of rotatable bonds is 9. The molecule has 0 spiro atoms. The van der Waals surface area contributed by atoms with Gasteiger partial charge in [0.25, 0.3) is 0 Å². The second-order valence-electron chi connectivity index (χ2n) is 4.11. The molecule has 0 aliphatic rings. The molecule has 0 bridgehead atoms. The molecule has 1 heterocycles. The highest BCUT2D eigenvalue weighted by molar-refractivity contribution is 7.91. The van der Waals surface area contributed by atoms with Crippen molar-refractivity contribution in [1.82, 2.24) is 4.72 Å². The molecule has 0 fully saturated rings. The Kier molecular flexibility index (Phi) is 6.85. The van der Waals surface area contributed by atoms with Crippen molar-refractivity contribution in [2.24, 2.45) is 0 Å². The lowest BCUT2D eigenvalue weighted by Gasteiger charge is -2.04. The molecular weight excluding hydrogens is 270 g/mol. The Hall–Kier alpha value is -0.430. The van der Waals surface area contributed by atoms with Gasteiger partial charge in [0.1, 0.15) is 4.21 Å². The molecular formula is C12H21NO3S2. The van der Waals surface area contributed by atoms with Crippen molar-refractivity contribution >= 4 is 21.4 Å². The summed E-state index contributed by atoms with van der Waals surface area (Å²) in [6.45, 7) is 2.69. The highest BCUT2D eigenvalue weighted by Gasteiger charge is 2.15. The van der Waals surface area contributed by atoms with Crippen LogP contribution in [0.4, 0.5) is 0 Å². The second kappa shape index (κ2) is 7.89. The fourth-order valence-electron chi connectivity index (χ4n) is 1.56. The topological polar surface area (TPSA) is 66.4 Å². The van der Waals surface area contributed by atoms with Crippen LogP contribution in [0.25, 0.3) is 0 Å². The molecule has 1 aromatic heterocycles. The van der Waals surface area contributed by atoms with Crippen molar-refractivity contribution in [3.8, 4) is 0 Å². The number of unbranched alkanes of at least 4 members (excludes halogenated alkanes) is 3. The van der Waals surface area contributed by atoms with Gasteiger partial charge in [-0.15, -0.1) is 11.3 Å². The van der Waals surface area contributed by atoms with Crippen molar-refractivity contribution in [2.75, 3.05) is 13.2 Å². The molecule has 2 N–H and O–H groups in total. The molecule has 1 rings (SSSR count). The Bertz CT molecular complexity index is 440. The van der Waals surface area contributed by atoms with Gasteiger partial charge in [0.15, 0.2) is 0 Å². The first kappa shape index (κ1) is 15.6. The molecule has 104 valence electrons.